The topological polar surface area (TPSA) is 56.1 Å². The molecule has 0 spiro atoms. The number of carbonyl (C=O) groups excluding carboxylic acids is 1. The van der Waals surface area contributed by atoms with E-state index in [0.29, 0.717) is 23.5 Å². The van der Waals surface area contributed by atoms with E-state index < -0.39 is 0 Å². The highest BCUT2D eigenvalue weighted by molar-refractivity contribution is 7.14. The summed E-state index contributed by atoms with van der Waals surface area (Å²) in [5.74, 6) is -0.0505. The van der Waals surface area contributed by atoms with Crippen LogP contribution in [0, 0.1) is 11.3 Å². The van der Waals surface area contributed by atoms with E-state index in [1.54, 1.807) is 6.07 Å². The van der Waals surface area contributed by atoms with Crippen LogP contribution in [0.4, 0.5) is 5.00 Å². The van der Waals surface area contributed by atoms with Crippen molar-refractivity contribution in [1.82, 2.24) is 4.90 Å². The first kappa shape index (κ1) is 16.2. The minimum atomic E-state index is -0.0505. The molecule has 1 N–H and O–H groups in total. The van der Waals surface area contributed by atoms with Gasteiger partial charge in [0.2, 0.25) is 5.91 Å². The first-order chi connectivity index (χ1) is 10.7. The lowest BCUT2D eigenvalue weighted by Gasteiger charge is -2.20. The largest absolute Gasteiger partial charge is 0.317 e. The van der Waals surface area contributed by atoms with Gasteiger partial charge < -0.3 is 5.32 Å². The van der Waals surface area contributed by atoms with Crippen molar-refractivity contribution in [2.45, 2.75) is 19.9 Å². The molecule has 1 amide bonds. The Morgan fingerprint density at radius 1 is 1.32 bits per heavy atom. The van der Waals surface area contributed by atoms with E-state index in [-0.39, 0.29) is 5.91 Å². The number of hydrogen-bond donors (Lipinski definition) is 1. The highest BCUT2D eigenvalue weighted by Gasteiger charge is 2.10. The fourth-order valence-corrected chi connectivity index (χ4v) is 2.89. The van der Waals surface area contributed by atoms with Gasteiger partial charge in [0.25, 0.3) is 0 Å². The SMILES string of the molecule is CCN(CCC(=O)Nc1sccc1C#N)Cc1ccccc1. The minimum absolute atomic E-state index is 0.0505. The molecule has 5 heteroatoms. The monoisotopic (exact) mass is 313 g/mol. The Morgan fingerprint density at radius 2 is 2.09 bits per heavy atom. The Kier molecular flexibility index (Phi) is 6.13. The minimum Gasteiger partial charge on any atom is -0.317 e. The van der Waals surface area contributed by atoms with E-state index in [0.717, 1.165) is 13.1 Å². The maximum atomic E-state index is 12.0. The van der Waals surface area contributed by atoms with Crippen molar-refractivity contribution in [1.29, 1.82) is 5.26 Å². The van der Waals surface area contributed by atoms with Crippen molar-refractivity contribution in [2.24, 2.45) is 0 Å². The number of anilines is 1. The highest BCUT2D eigenvalue weighted by atomic mass is 32.1. The second-order valence-electron chi connectivity index (χ2n) is 4.93. The summed E-state index contributed by atoms with van der Waals surface area (Å²) in [5, 5.41) is 14.2. The molecular weight excluding hydrogens is 294 g/mol. The molecule has 0 radical (unpaired) electrons. The van der Waals surface area contributed by atoms with Crippen LogP contribution in [-0.2, 0) is 11.3 Å². The third-order valence-electron chi connectivity index (χ3n) is 3.39. The maximum absolute atomic E-state index is 12.0. The molecule has 0 aliphatic rings. The molecule has 0 fully saturated rings. The van der Waals surface area contributed by atoms with Gasteiger partial charge in [-0.15, -0.1) is 11.3 Å². The van der Waals surface area contributed by atoms with Crippen molar-refractivity contribution in [3.05, 3.63) is 52.9 Å². The first-order valence-electron chi connectivity index (χ1n) is 7.26. The van der Waals surface area contributed by atoms with Gasteiger partial charge in [-0.1, -0.05) is 37.3 Å². The number of rotatable bonds is 7. The second kappa shape index (κ2) is 8.32. The molecule has 0 saturated heterocycles. The van der Waals surface area contributed by atoms with Crippen LogP contribution in [0.1, 0.15) is 24.5 Å². The molecule has 0 atom stereocenters. The summed E-state index contributed by atoms with van der Waals surface area (Å²) < 4.78 is 0. The molecule has 114 valence electrons. The van der Waals surface area contributed by atoms with Crippen molar-refractivity contribution in [3.63, 3.8) is 0 Å². The Balaban J connectivity index is 1.83. The molecule has 4 nitrogen and oxygen atoms in total. The van der Waals surface area contributed by atoms with Crippen LogP contribution in [0.3, 0.4) is 0 Å². The molecule has 0 saturated carbocycles. The normalized spacial score (nSPS) is 10.4. The van der Waals surface area contributed by atoms with E-state index in [9.17, 15) is 4.79 Å². The maximum Gasteiger partial charge on any atom is 0.226 e. The first-order valence-corrected chi connectivity index (χ1v) is 8.14. The quantitative estimate of drug-likeness (QED) is 0.851. The molecule has 2 rings (SSSR count). The summed E-state index contributed by atoms with van der Waals surface area (Å²) in [4.78, 5) is 14.2. The molecule has 0 bridgehead atoms. The fraction of sp³-hybridized carbons (Fsp3) is 0.294. The lowest BCUT2D eigenvalue weighted by Crippen LogP contribution is -2.27. The van der Waals surface area contributed by atoms with E-state index in [1.165, 1.54) is 16.9 Å². The third-order valence-corrected chi connectivity index (χ3v) is 4.22. The second-order valence-corrected chi connectivity index (χ2v) is 5.84. The third kappa shape index (κ3) is 4.69. The summed E-state index contributed by atoms with van der Waals surface area (Å²) in [6.45, 7) is 4.52. The molecule has 2 aromatic rings. The lowest BCUT2D eigenvalue weighted by molar-refractivity contribution is -0.116. The smallest absolute Gasteiger partial charge is 0.226 e. The molecule has 0 unspecified atom stereocenters. The number of hydrogen-bond acceptors (Lipinski definition) is 4. The standard InChI is InChI=1S/C17H19N3OS/c1-2-20(13-14-6-4-3-5-7-14)10-8-16(21)19-17-15(12-18)9-11-22-17/h3-7,9,11H,2,8,10,13H2,1H3,(H,19,21). The van der Waals surface area contributed by atoms with Crippen LogP contribution in [0.15, 0.2) is 41.8 Å². The number of nitrogens with zero attached hydrogens (tertiary/aromatic N) is 2. The Morgan fingerprint density at radius 3 is 2.77 bits per heavy atom. The number of thiophene rings is 1. The number of nitrogens with one attached hydrogen (secondary N) is 1. The number of benzene rings is 1. The van der Waals surface area contributed by atoms with E-state index >= 15 is 0 Å². The average Bonchev–Trinajstić information content (AvgIpc) is 2.99. The highest BCUT2D eigenvalue weighted by Crippen LogP contribution is 2.22. The zero-order chi connectivity index (χ0) is 15.8. The summed E-state index contributed by atoms with van der Waals surface area (Å²) >= 11 is 1.38. The Bertz CT molecular complexity index is 645. The van der Waals surface area contributed by atoms with Crippen molar-refractivity contribution < 1.29 is 4.79 Å². The zero-order valence-corrected chi connectivity index (χ0v) is 13.4. The van der Waals surface area contributed by atoms with Crippen LogP contribution in [-0.4, -0.2) is 23.9 Å². The Hall–Kier alpha value is -2.16. The molecule has 22 heavy (non-hydrogen) atoms. The molecule has 0 aliphatic heterocycles. The zero-order valence-electron chi connectivity index (χ0n) is 12.6. The van der Waals surface area contributed by atoms with E-state index in [2.05, 4.69) is 35.3 Å². The van der Waals surface area contributed by atoms with Crippen molar-refractivity contribution in [2.75, 3.05) is 18.4 Å². The summed E-state index contributed by atoms with van der Waals surface area (Å²) in [6.07, 6.45) is 0.420. The van der Waals surface area contributed by atoms with Crippen LogP contribution >= 0.6 is 11.3 Å². The van der Waals surface area contributed by atoms with Gasteiger partial charge in [0, 0.05) is 19.5 Å². The van der Waals surface area contributed by atoms with Gasteiger partial charge in [0.15, 0.2) is 0 Å². The van der Waals surface area contributed by atoms with Crippen molar-refractivity contribution >= 4 is 22.2 Å². The Labute approximate surface area is 135 Å². The van der Waals surface area contributed by atoms with Crippen LogP contribution in [0.2, 0.25) is 0 Å². The molecular formula is C17H19N3OS. The van der Waals surface area contributed by atoms with Crippen molar-refractivity contribution in [3.8, 4) is 6.07 Å². The van der Waals surface area contributed by atoms with Gasteiger partial charge in [-0.3, -0.25) is 9.69 Å². The summed E-state index contributed by atoms with van der Waals surface area (Å²) in [6, 6.07) is 14.0. The van der Waals surface area contributed by atoms with Gasteiger partial charge in [0.05, 0.1) is 5.56 Å². The van der Waals surface area contributed by atoms with Gasteiger partial charge in [-0.2, -0.15) is 5.26 Å². The van der Waals surface area contributed by atoms with Crippen LogP contribution in [0.5, 0.6) is 0 Å². The van der Waals surface area contributed by atoms with Gasteiger partial charge in [0.1, 0.15) is 11.1 Å². The predicted molar refractivity (Wildman–Crippen MR) is 89.7 cm³/mol. The van der Waals surface area contributed by atoms with Gasteiger partial charge in [-0.25, -0.2) is 0 Å². The summed E-state index contributed by atoms with van der Waals surface area (Å²) in [7, 11) is 0. The van der Waals surface area contributed by atoms with E-state index in [4.69, 9.17) is 5.26 Å². The molecule has 0 aliphatic carbocycles. The van der Waals surface area contributed by atoms with Gasteiger partial charge >= 0.3 is 0 Å². The average molecular weight is 313 g/mol. The fourth-order valence-electron chi connectivity index (χ4n) is 2.13. The number of amides is 1. The molecule has 1 aromatic heterocycles. The number of carbonyl (C=O) groups is 1. The number of nitriles is 1. The molecule has 1 heterocycles. The van der Waals surface area contributed by atoms with Crippen LogP contribution < -0.4 is 5.32 Å². The molecule has 1 aromatic carbocycles. The van der Waals surface area contributed by atoms with E-state index in [1.807, 2.05) is 23.6 Å². The summed E-state index contributed by atoms with van der Waals surface area (Å²) in [5.41, 5.74) is 1.77. The van der Waals surface area contributed by atoms with Gasteiger partial charge in [-0.05, 0) is 23.6 Å². The predicted octanol–water partition coefficient (Wildman–Crippen LogP) is 3.47. The van der Waals surface area contributed by atoms with Crippen LogP contribution in [0.25, 0.3) is 0 Å². The lowest BCUT2D eigenvalue weighted by atomic mass is 10.2.